The zero-order valence-corrected chi connectivity index (χ0v) is 42.9. The largest absolute Gasteiger partial charge is 0.310 e. The Hall–Kier alpha value is -10.7. The summed E-state index contributed by atoms with van der Waals surface area (Å²) in [7, 11) is 0. The molecule has 0 unspecified atom stereocenters. The Bertz CT molecular complexity index is 4310. The number of rotatable bonds is 11. The number of fused-ring (bicyclic) bond motifs is 6. The summed E-state index contributed by atoms with van der Waals surface area (Å²) < 4.78 is 80.5. The summed E-state index contributed by atoms with van der Waals surface area (Å²) in [5.74, 6) is -10.1. The molecule has 6 nitrogen and oxygen atoms in total. The zero-order chi connectivity index (χ0) is 54.7. The van der Waals surface area contributed by atoms with E-state index in [0.29, 0.717) is 22.3 Å². The van der Waals surface area contributed by atoms with Crippen LogP contribution in [0, 0.1) is 29.1 Å². The molecule has 11 heteroatoms. The Morgan fingerprint density at radius 3 is 0.975 bits per heavy atom. The summed E-state index contributed by atoms with van der Waals surface area (Å²) in [6.07, 6.45) is 7.25. The highest BCUT2D eigenvalue weighted by Gasteiger charge is 2.28. The lowest BCUT2D eigenvalue weighted by Crippen LogP contribution is -2.09. The number of halogens is 5. The number of hydrogen-bond donors (Lipinski definition) is 0. The van der Waals surface area contributed by atoms with Crippen LogP contribution < -0.4 is 9.80 Å². The van der Waals surface area contributed by atoms with E-state index in [1.165, 1.54) is 12.1 Å². The molecule has 0 aliphatic carbocycles. The lowest BCUT2D eigenvalue weighted by Gasteiger charge is -2.25. The summed E-state index contributed by atoms with van der Waals surface area (Å²) in [4.78, 5) is 13.5. The van der Waals surface area contributed by atoms with Crippen LogP contribution in [0.3, 0.4) is 0 Å². The van der Waals surface area contributed by atoms with Gasteiger partial charge in [0.2, 0.25) is 5.82 Å². The van der Waals surface area contributed by atoms with Gasteiger partial charge in [-0.2, -0.15) is 0 Å². The topological polar surface area (TPSA) is 42.1 Å². The number of pyridine rings is 2. The number of hydrogen-bond acceptors (Lipinski definition) is 4. The van der Waals surface area contributed by atoms with Gasteiger partial charge in [-0.15, -0.1) is 0 Å². The summed E-state index contributed by atoms with van der Waals surface area (Å²) in [5.41, 5.74) is 12.4. The van der Waals surface area contributed by atoms with Crippen molar-refractivity contribution >= 4 is 77.7 Å². The highest BCUT2D eigenvalue weighted by molar-refractivity contribution is 6.11. The van der Waals surface area contributed by atoms with Crippen LogP contribution in [0.2, 0.25) is 0 Å². The summed E-state index contributed by atoms with van der Waals surface area (Å²) in [6.45, 7) is 0. The van der Waals surface area contributed by atoms with E-state index in [4.69, 9.17) is 0 Å². The first kappa shape index (κ1) is 48.7. The lowest BCUT2D eigenvalue weighted by atomic mass is 9.92. The van der Waals surface area contributed by atoms with Gasteiger partial charge in [0.05, 0.1) is 27.6 Å². The molecule has 388 valence electrons. The maximum absolute atomic E-state index is 15.8. The number of anilines is 6. The Morgan fingerprint density at radius 2 is 0.605 bits per heavy atom. The van der Waals surface area contributed by atoms with Gasteiger partial charge in [-0.1, -0.05) is 97.1 Å². The molecular formula is C70H43F5N6. The van der Waals surface area contributed by atoms with Gasteiger partial charge in [0.1, 0.15) is 0 Å². The van der Waals surface area contributed by atoms with Crippen LogP contribution in [0.5, 0.6) is 0 Å². The summed E-state index contributed by atoms with van der Waals surface area (Å²) >= 11 is 0. The molecule has 4 aromatic heterocycles. The Kier molecular flexibility index (Phi) is 12.0. The molecule has 81 heavy (non-hydrogen) atoms. The summed E-state index contributed by atoms with van der Waals surface area (Å²) in [6, 6.07) is 77.6. The van der Waals surface area contributed by atoms with E-state index in [1.54, 1.807) is 12.4 Å². The first-order valence-electron chi connectivity index (χ1n) is 26.2. The first-order chi connectivity index (χ1) is 39.8. The lowest BCUT2D eigenvalue weighted by molar-refractivity contribution is 0.381. The molecule has 0 saturated carbocycles. The third-order valence-corrected chi connectivity index (χ3v) is 15.0. The molecule has 0 spiro atoms. The predicted octanol–water partition coefficient (Wildman–Crippen LogP) is 19.3. The third-order valence-electron chi connectivity index (χ3n) is 15.0. The van der Waals surface area contributed by atoms with Crippen molar-refractivity contribution in [2.24, 2.45) is 0 Å². The molecule has 10 aromatic carbocycles. The van der Waals surface area contributed by atoms with Crippen molar-refractivity contribution in [2.75, 3.05) is 9.80 Å². The number of para-hydroxylation sites is 4. The molecule has 0 atom stereocenters. The minimum absolute atomic E-state index is 0.181. The van der Waals surface area contributed by atoms with Gasteiger partial charge < -0.3 is 18.9 Å². The quantitative estimate of drug-likeness (QED) is 0.0735. The standard InChI is InChI=1S/C70H43F5N6/c71-66-65(67(72)69(74)70(75)68(66)73)48-38-46(44-21-25-53(26-22-44)80-61-31-29-55(40-57(61)59-42-76-35-33-63(59)80)78(49-13-5-1-6-14-49)50-15-7-2-8-16-50)37-47(39-48)45-23-27-54(28-24-45)81-62-32-30-56(41-58(62)60-43-77-36-34-64(60)81)79(51-17-9-3-10-18-51)52-19-11-4-12-20-52/h1-43H. The van der Waals surface area contributed by atoms with Crippen LogP contribution >= 0.6 is 0 Å². The van der Waals surface area contributed by atoms with Crippen LogP contribution in [-0.4, -0.2) is 19.1 Å². The Labute approximate surface area is 461 Å². The fourth-order valence-electron chi connectivity index (χ4n) is 11.3. The van der Waals surface area contributed by atoms with Gasteiger partial charge in [0.15, 0.2) is 23.3 Å². The zero-order valence-electron chi connectivity index (χ0n) is 42.9. The number of nitrogens with zero attached hydrogens (tertiary/aromatic N) is 6. The number of benzene rings is 10. The molecule has 14 aromatic rings. The average molecular weight is 1060 g/mol. The fraction of sp³-hybridized carbons (Fsp3) is 0. The van der Waals surface area contributed by atoms with Gasteiger partial charge in [0, 0.05) is 91.8 Å². The van der Waals surface area contributed by atoms with Crippen LogP contribution in [0.1, 0.15) is 0 Å². The maximum Gasteiger partial charge on any atom is 0.200 e. The van der Waals surface area contributed by atoms with E-state index in [1.807, 2.05) is 152 Å². The van der Waals surface area contributed by atoms with Gasteiger partial charge in [-0.3, -0.25) is 9.97 Å². The predicted molar refractivity (Wildman–Crippen MR) is 316 cm³/mol. The second-order valence-electron chi connectivity index (χ2n) is 19.7. The second kappa shape index (κ2) is 20.0. The van der Waals surface area contributed by atoms with Crippen molar-refractivity contribution in [1.29, 1.82) is 0 Å². The second-order valence-corrected chi connectivity index (χ2v) is 19.7. The molecule has 0 radical (unpaired) electrons. The normalized spacial score (nSPS) is 11.5. The molecule has 0 bridgehead atoms. The Balaban J connectivity index is 0.860. The highest BCUT2D eigenvalue weighted by atomic mass is 19.2. The van der Waals surface area contributed by atoms with Crippen molar-refractivity contribution in [3.8, 4) is 44.8 Å². The van der Waals surface area contributed by atoms with Gasteiger partial charge >= 0.3 is 0 Å². The summed E-state index contributed by atoms with van der Waals surface area (Å²) in [5, 5.41) is 3.87. The smallest absolute Gasteiger partial charge is 0.200 e. The third kappa shape index (κ3) is 8.41. The van der Waals surface area contributed by atoms with E-state index < -0.39 is 34.6 Å². The number of aromatic nitrogens is 4. The molecular weight excluding hydrogens is 1020 g/mol. The van der Waals surface area contributed by atoms with Crippen molar-refractivity contribution in [3.63, 3.8) is 0 Å². The van der Waals surface area contributed by atoms with Crippen molar-refractivity contribution in [2.45, 2.75) is 0 Å². The molecule has 0 saturated heterocycles. The van der Waals surface area contributed by atoms with E-state index in [9.17, 15) is 4.39 Å². The first-order valence-corrected chi connectivity index (χ1v) is 26.2. The highest BCUT2D eigenvalue weighted by Crippen LogP contribution is 2.43. The maximum atomic E-state index is 15.8. The van der Waals surface area contributed by atoms with Crippen molar-refractivity contribution < 1.29 is 22.0 Å². The average Bonchev–Trinajstić information content (AvgIpc) is 4.04. The van der Waals surface area contributed by atoms with E-state index in [2.05, 4.69) is 114 Å². The van der Waals surface area contributed by atoms with Crippen LogP contribution in [-0.2, 0) is 0 Å². The van der Waals surface area contributed by atoms with Gasteiger partial charge in [0.25, 0.3) is 0 Å². The molecule has 0 aliphatic heterocycles. The van der Waals surface area contributed by atoms with Crippen molar-refractivity contribution in [3.05, 3.63) is 290 Å². The van der Waals surface area contributed by atoms with E-state index >= 15 is 17.6 Å². The molecule has 0 amide bonds. The minimum atomic E-state index is -2.22. The molecule has 0 fully saturated rings. The fourth-order valence-corrected chi connectivity index (χ4v) is 11.3. The van der Waals surface area contributed by atoms with Gasteiger partial charge in [-0.25, -0.2) is 22.0 Å². The van der Waals surface area contributed by atoms with Crippen LogP contribution in [0.4, 0.5) is 56.1 Å². The molecule has 0 N–H and O–H groups in total. The minimum Gasteiger partial charge on any atom is -0.310 e. The Morgan fingerprint density at radius 1 is 0.272 bits per heavy atom. The van der Waals surface area contributed by atoms with Crippen molar-refractivity contribution in [1.82, 2.24) is 19.1 Å². The molecule has 4 heterocycles. The van der Waals surface area contributed by atoms with E-state index in [0.717, 1.165) is 89.1 Å². The SMILES string of the molecule is Fc1c(F)c(F)c(-c2cc(-c3ccc(-n4c5ccncc5c5cc(N(c6ccccc6)c6ccccc6)ccc54)cc3)cc(-c3ccc(-n4c5ccncc5c5cc(N(c6ccccc6)c6ccccc6)ccc54)cc3)c2)c(F)c1F. The monoisotopic (exact) mass is 1060 g/mol. The van der Waals surface area contributed by atoms with Crippen LogP contribution in [0.25, 0.3) is 88.4 Å². The van der Waals surface area contributed by atoms with Crippen LogP contribution in [0.15, 0.2) is 261 Å². The van der Waals surface area contributed by atoms with E-state index in [-0.39, 0.29) is 5.56 Å². The van der Waals surface area contributed by atoms with Gasteiger partial charge in [-0.05, 0) is 167 Å². The molecule has 14 rings (SSSR count). The molecule has 0 aliphatic rings.